The minimum atomic E-state index is -1.67. The summed E-state index contributed by atoms with van der Waals surface area (Å²) in [5.41, 5.74) is 9.42. The highest BCUT2D eigenvalue weighted by Crippen LogP contribution is 2.30. The van der Waals surface area contributed by atoms with Crippen molar-refractivity contribution < 1.29 is 32.5 Å². The van der Waals surface area contributed by atoms with Gasteiger partial charge in [0.25, 0.3) is 11.1 Å². The molecule has 5 aromatic carbocycles. The number of halogens is 7. The summed E-state index contributed by atoms with van der Waals surface area (Å²) in [6, 6.07) is 28.0. The van der Waals surface area contributed by atoms with Crippen LogP contribution >= 0.6 is 69.2 Å². The van der Waals surface area contributed by atoms with Crippen molar-refractivity contribution in [2.24, 2.45) is 5.92 Å². The number of carboxylic acids is 1. The molecule has 87 heavy (non-hydrogen) atoms. The number of aromatic carboxylic acids is 1. The molecular weight excluding hydrogens is 1370 g/mol. The monoisotopic (exact) mass is 1440 g/mol. The molecule has 3 atom stereocenters. The number of amides is 2. The molecule has 14 nitrogen and oxygen atoms in total. The van der Waals surface area contributed by atoms with Crippen molar-refractivity contribution in [2.75, 3.05) is 24.2 Å². The van der Waals surface area contributed by atoms with Crippen LogP contribution in [0.25, 0.3) is 21.8 Å². The fraction of sp³-hybridized carbons (Fsp3) is 0.369. The number of carbonyl (C=O) groups excluding carboxylic acids is 2. The quantitative estimate of drug-likeness (QED) is 0.0567. The molecule has 2 saturated heterocycles. The number of nitrogens with zero attached hydrogens (tertiary/aromatic N) is 4. The first-order valence-electron chi connectivity index (χ1n) is 28.6. The van der Waals surface area contributed by atoms with Crippen LogP contribution in [-0.4, -0.2) is 64.6 Å². The van der Waals surface area contributed by atoms with Gasteiger partial charge in [-0.1, -0.05) is 105 Å². The SMILES string of the molecule is C#Cc1cccc(F)c1.CCBr.CCC1CCCNC1=O.CCC1CCCn2c1nc1cc(Br)ccc1c2=O.CCC1CCCn2c1nc1cc(C#Cc3cccc(F)c3)ccc1c2=O.Nc1cc(Br)ccc1C(=O)O.O=C1CCCCN1.O=S(Cl)Cl. The first-order valence-corrected chi connectivity index (χ1v) is 34.1. The predicted molar refractivity (Wildman–Crippen MR) is 359 cm³/mol. The van der Waals surface area contributed by atoms with E-state index in [1.54, 1.807) is 42.5 Å². The van der Waals surface area contributed by atoms with Gasteiger partial charge < -0.3 is 21.5 Å². The molecule has 3 unspecified atom stereocenters. The number of nitrogens with two attached hydrogens (primary N) is 1. The van der Waals surface area contributed by atoms with Gasteiger partial charge in [-0.05, 0) is 162 Å². The molecule has 0 spiro atoms. The van der Waals surface area contributed by atoms with Crippen LogP contribution in [0.4, 0.5) is 14.5 Å². The molecule has 2 aromatic heterocycles. The maximum Gasteiger partial charge on any atom is 0.337 e. The van der Waals surface area contributed by atoms with Crippen LogP contribution in [0.1, 0.15) is 155 Å². The standard InChI is InChI=1S/C22H19FN2O.C14H15BrN2O.C8H5F.C7H6BrNO2.C7H13NO.C5H9NO.C2H5Br.Cl2OS/c1-2-17-6-4-12-25-21(17)24-20-14-16(10-11-19(20)22(25)26)9-8-15-5-3-7-18(23)13-15;1-2-9-4-3-7-17-13(9)16-12-8-10(15)5-6-11(12)14(17)18;1-2-7-4-3-5-8(9)6-7;8-4-1-2-5(7(10)11)6(9)3-4;1-2-6-4-3-5-8-7(6)9;7-5-3-1-2-4-6-5;1-2-3;1-4(2)3/h3,5,7,10-11,13-14,17H,2,4,6,12H2,1H3;5-6,8-9H,2-4,7H2,1H3;1,3-6H;1-3H,9H2,(H,10,11);6H,2-5H2,1H3,(H,8,9);1-4H2,(H,6,7);2H2,1H3;. The van der Waals surface area contributed by atoms with E-state index in [4.69, 9.17) is 31.4 Å². The predicted octanol–water partition coefficient (Wildman–Crippen LogP) is 14.9. The smallest absolute Gasteiger partial charge is 0.337 e. The molecule has 0 radical (unpaired) electrons. The Balaban J connectivity index is 0.000000232. The Kier molecular flexibility index (Phi) is 32.7. The van der Waals surface area contributed by atoms with Gasteiger partial charge in [-0.25, -0.2) is 27.8 Å². The summed E-state index contributed by atoms with van der Waals surface area (Å²) < 4.78 is 40.1. The van der Waals surface area contributed by atoms with E-state index in [0.717, 1.165) is 146 Å². The molecule has 0 aliphatic carbocycles. The van der Waals surface area contributed by atoms with E-state index in [9.17, 15) is 32.8 Å². The Labute approximate surface area is 544 Å². The number of nitrogen functional groups attached to an aromatic ring is 1. The van der Waals surface area contributed by atoms with E-state index >= 15 is 0 Å². The lowest BCUT2D eigenvalue weighted by atomic mass is 9.95. The molecule has 2 fully saturated rings. The van der Waals surface area contributed by atoms with Gasteiger partial charge in [0.2, 0.25) is 21.0 Å². The number of piperidine rings is 2. The highest BCUT2D eigenvalue weighted by molar-refractivity contribution is 9.10. The Bertz CT molecular complexity index is 3690. The molecule has 0 bridgehead atoms. The minimum Gasteiger partial charge on any atom is -0.478 e. The highest BCUT2D eigenvalue weighted by atomic mass is 79.9. The number of carbonyl (C=O) groups is 3. The second kappa shape index (κ2) is 38.9. The number of hydrogen-bond donors (Lipinski definition) is 4. The van der Waals surface area contributed by atoms with E-state index in [2.05, 4.69) is 118 Å². The second-order valence-electron chi connectivity index (χ2n) is 20.0. The van der Waals surface area contributed by atoms with Gasteiger partial charge in [-0.2, -0.15) is 0 Å². The molecule has 0 saturated carbocycles. The van der Waals surface area contributed by atoms with Crippen LogP contribution in [0.3, 0.4) is 0 Å². The average Bonchev–Trinajstić information content (AvgIpc) is 1.08. The van der Waals surface area contributed by atoms with Crippen LogP contribution in [0.2, 0.25) is 0 Å². The Morgan fingerprint density at radius 3 is 1.59 bits per heavy atom. The number of aromatic nitrogens is 4. The molecule has 464 valence electrons. The number of carboxylic acid groups (broad SMARTS) is 1. The zero-order valence-electron chi connectivity index (χ0n) is 49.0. The molecule has 11 rings (SSSR count). The lowest BCUT2D eigenvalue weighted by Gasteiger charge is -2.25. The van der Waals surface area contributed by atoms with Crippen LogP contribution < -0.4 is 27.5 Å². The number of anilines is 1. The zero-order valence-corrected chi connectivity index (χ0v) is 56.0. The molecule has 4 aliphatic rings. The third-order valence-electron chi connectivity index (χ3n) is 14.0. The van der Waals surface area contributed by atoms with Gasteiger partial charge >= 0.3 is 5.97 Å². The van der Waals surface area contributed by atoms with Gasteiger partial charge in [0.1, 0.15) is 23.3 Å². The fourth-order valence-electron chi connectivity index (χ4n) is 9.57. The van der Waals surface area contributed by atoms with Gasteiger partial charge in [0.05, 0.1) is 27.4 Å². The number of rotatable bonds is 4. The minimum absolute atomic E-state index is 0.0350. The average molecular weight is 1440 g/mol. The van der Waals surface area contributed by atoms with Crippen molar-refractivity contribution in [1.29, 1.82) is 0 Å². The lowest BCUT2D eigenvalue weighted by Crippen LogP contribution is -2.35. The summed E-state index contributed by atoms with van der Waals surface area (Å²) in [5.74, 6) is 10.1. The van der Waals surface area contributed by atoms with Gasteiger partial charge in [0.15, 0.2) is 0 Å². The summed E-state index contributed by atoms with van der Waals surface area (Å²) in [7, 11) is 7.36. The maximum atomic E-state index is 13.3. The Morgan fingerprint density at radius 1 is 0.678 bits per heavy atom. The summed E-state index contributed by atoms with van der Waals surface area (Å²) >= 11 is 9.75. The second-order valence-corrected chi connectivity index (χ2v) is 25.5. The maximum absolute atomic E-state index is 13.3. The lowest BCUT2D eigenvalue weighted by molar-refractivity contribution is -0.126. The van der Waals surface area contributed by atoms with E-state index in [0.29, 0.717) is 39.8 Å². The molecule has 22 heteroatoms. The van der Waals surface area contributed by atoms with Crippen LogP contribution in [0.15, 0.2) is 122 Å². The molecule has 2 amide bonds. The zero-order chi connectivity index (χ0) is 64.0. The summed E-state index contributed by atoms with van der Waals surface area (Å²) in [6.07, 6.45) is 17.6. The summed E-state index contributed by atoms with van der Waals surface area (Å²) in [6.45, 7) is 11.7. The third kappa shape index (κ3) is 24.3. The van der Waals surface area contributed by atoms with E-state index < -0.39 is 15.2 Å². The van der Waals surface area contributed by atoms with E-state index in [1.165, 1.54) is 30.3 Å². The first kappa shape index (κ1) is 73.2. The van der Waals surface area contributed by atoms with Gasteiger partial charge in [-0.3, -0.25) is 28.3 Å². The van der Waals surface area contributed by atoms with Crippen molar-refractivity contribution >= 4 is 124 Å². The number of fused-ring (bicyclic) bond motifs is 4. The van der Waals surface area contributed by atoms with Crippen LogP contribution in [-0.2, 0) is 31.9 Å². The Morgan fingerprint density at radius 2 is 1.15 bits per heavy atom. The largest absolute Gasteiger partial charge is 0.478 e. The topological polar surface area (TPSA) is 208 Å². The molecule has 6 heterocycles. The molecular formula is C65H72Br3Cl2F2N7O7S. The van der Waals surface area contributed by atoms with Crippen LogP contribution in [0, 0.1) is 41.7 Å². The van der Waals surface area contributed by atoms with Gasteiger partial charge in [0, 0.05) is 108 Å². The van der Waals surface area contributed by atoms with Crippen molar-refractivity contribution in [3.8, 4) is 24.2 Å². The highest BCUT2D eigenvalue weighted by Gasteiger charge is 2.24. The number of benzene rings is 5. The molecule has 5 N–H and O–H groups in total. The molecule has 7 aromatic rings. The number of nitrogens with one attached hydrogen (secondary N) is 2. The van der Waals surface area contributed by atoms with Crippen molar-refractivity contribution in [1.82, 2.24) is 29.7 Å². The number of alkyl halides is 1. The van der Waals surface area contributed by atoms with Crippen molar-refractivity contribution in [3.05, 3.63) is 178 Å². The molecule has 4 aliphatic heterocycles. The normalized spacial score (nSPS) is 16.0. The first-order chi connectivity index (χ1) is 41.7. The number of hydrogen-bond acceptors (Lipinski definition) is 9. The summed E-state index contributed by atoms with van der Waals surface area (Å²) in [5, 5.41) is 16.6. The Hall–Kier alpha value is -6.26. The van der Waals surface area contributed by atoms with E-state index in [1.807, 2.05) is 46.4 Å². The van der Waals surface area contributed by atoms with E-state index in [-0.39, 0.29) is 45.8 Å². The van der Waals surface area contributed by atoms with Crippen molar-refractivity contribution in [3.63, 3.8) is 0 Å². The van der Waals surface area contributed by atoms with Gasteiger partial charge in [-0.15, -0.1) is 6.42 Å². The fourth-order valence-corrected chi connectivity index (χ4v) is 10.3. The summed E-state index contributed by atoms with van der Waals surface area (Å²) in [4.78, 5) is 66.5. The van der Waals surface area contributed by atoms with Crippen LogP contribution in [0.5, 0.6) is 0 Å². The van der Waals surface area contributed by atoms with Crippen molar-refractivity contribution in [2.45, 2.75) is 130 Å². The number of terminal acetylenes is 1. The third-order valence-corrected chi connectivity index (χ3v) is 15.0.